The van der Waals surface area contributed by atoms with Crippen molar-refractivity contribution in [2.24, 2.45) is 0 Å². The quantitative estimate of drug-likeness (QED) is 0.240. The molecule has 1 unspecified atom stereocenters. The number of rotatable bonds is 8. The van der Waals surface area contributed by atoms with Gasteiger partial charge in [0, 0.05) is 0 Å². The molecule has 0 fully saturated rings. The van der Waals surface area contributed by atoms with E-state index in [0.29, 0.717) is 0 Å². The second-order valence-electron chi connectivity index (χ2n) is 6.04. The molecule has 4 nitrogen and oxygen atoms in total. The fraction of sp³-hybridized carbons (Fsp3) is 0.818. The zero-order valence-electron chi connectivity index (χ0n) is 13.7. The average molecular weight is 442 g/mol. The zero-order chi connectivity index (χ0) is 21.6. The number of halogens is 9. The smallest absolute Gasteiger partial charge is 0.408 e. The molecule has 0 aliphatic rings. The highest BCUT2D eigenvalue weighted by molar-refractivity contribution is 7.88. The molecule has 0 saturated heterocycles. The zero-order valence-corrected chi connectivity index (χ0v) is 15.5. The summed E-state index contributed by atoms with van der Waals surface area (Å²) in [5.41, 5.74) is 0. The van der Waals surface area contributed by atoms with Crippen LogP contribution in [0.3, 0.4) is 0 Å². The molecule has 0 bridgehead atoms. The van der Waals surface area contributed by atoms with Gasteiger partial charge in [-0.05, 0) is 26.6 Å². The van der Waals surface area contributed by atoms with Crippen LogP contribution in [0.25, 0.3) is 0 Å². The summed E-state index contributed by atoms with van der Waals surface area (Å²) in [5.74, 6) is -15.9. The van der Waals surface area contributed by atoms with E-state index >= 15 is 0 Å². The van der Waals surface area contributed by atoms with Crippen molar-refractivity contribution in [3.05, 3.63) is 12.3 Å². The van der Waals surface area contributed by atoms with Crippen molar-refractivity contribution < 1.29 is 56.5 Å². The Kier molecular flexibility index (Phi) is 6.63. The van der Waals surface area contributed by atoms with Gasteiger partial charge in [0.1, 0.15) is 11.9 Å². The van der Waals surface area contributed by atoms with E-state index in [0.717, 1.165) is 6.92 Å². The Morgan fingerprint density at radius 2 is 1.31 bits per heavy atom. The Labute approximate surface area is 144 Å². The largest absolute Gasteiger partial charge is 0.460 e. The molecule has 0 aromatic heterocycles. The maximum atomic E-state index is 13.5. The van der Waals surface area contributed by atoms with Gasteiger partial charge >= 0.3 is 33.4 Å². The maximum absolute atomic E-state index is 13.5. The third kappa shape index (κ3) is 4.65. The predicted octanol–water partition coefficient (Wildman–Crippen LogP) is 4.51. The molecule has 26 heavy (non-hydrogen) atoms. The lowest BCUT2D eigenvalue weighted by atomic mass is 10.1. The molecular weight excluding hydrogens is 427 g/mol. The first-order valence-corrected chi connectivity index (χ1v) is 11.3. The molecule has 0 saturated carbocycles. The molecule has 156 valence electrons. The molecule has 0 aliphatic carbocycles. The van der Waals surface area contributed by atoms with Crippen molar-refractivity contribution in [1.29, 1.82) is 0 Å². The van der Waals surface area contributed by atoms with E-state index in [1.165, 1.54) is 0 Å². The first-order valence-electron chi connectivity index (χ1n) is 6.52. The summed E-state index contributed by atoms with van der Waals surface area (Å²) in [6.45, 7) is 8.52. The van der Waals surface area contributed by atoms with Crippen LogP contribution >= 0.6 is 0 Å². The molecule has 0 radical (unpaired) electrons. The van der Waals surface area contributed by atoms with Gasteiger partial charge in [0.05, 0.1) is 0 Å². The minimum Gasteiger partial charge on any atom is -0.408 e. The van der Waals surface area contributed by atoms with Gasteiger partial charge in [-0.3, -0.25) is 0 Å². The van der Waals surface area contributed by atoms with E-state index in [1.807, 2.05) is 0 Å². The monoisotopic (exact) mass is 442 g/mol. The summed E-state index contributed by atoms with van der Waals surface area (Å²) in [5, 5.41) is -6.93. The Balaban J connectivity index is 5.81. The summed E-state index contributed by atoms with van der Waals surface area (Å²) in [6, 6.07) is 0. The molecule has 0 N–H and O–H groups in total. The first-order chi connectivity index (χ1) is 11.0. The average Bonchev–Trinajstić information content (AvgIpc) is 2.33. The van der Waals surface area contributed by atoms with Crippen LogP contribution in [0.5, 0.6) is 0 Å². The highest BCUT2D eigenvalue weighted by atomic mass is 32.2. The van der Waals surface area contributed by atoms with Gasteiger partial charge in [0.2, 0.25) is 0 Å². The molecule has 0 aromatic carbocycles. The van der Waals surface area contributed by atoms with E-state index in [-0.39, 0.29) is 0 Å². The summed E-state index contributed by atoms with van der Waals surface area (Å²) >= 11 is 0. The molecule has 1 atom stereocenters. The number of alkyl halides is 9. The van der Waals surface area contributed by atoms with E-state index in [1.54, 1.807) is 19.6 Å². The summed E-state index contributed by atoms with van der Waals surface area (Å²) in [4.78, 5) is 0. The van der Waals surface area contributed by atoms with Gasteiger partial charge < -0.3 is 8.61 Å². The van der Waals surface area contributed by atoms with Crippen molar-refractivity contribution >= 4 is 18.4 Å². The highest BCUT2D eigenvalue weighted by Crippen LogP contribution is 2.55. The summed E-state index contributed by atoms with van der Waals surface area (Å²) in [7, 11) is -9.42. The van der Waals surface area contributed by atoms with Gasteiger partial charge in [-0.1, -0.05) is 6.58 Å². The minimum atomic E-state index is -7.36. The molecule has 15 heteroatoms. The van der Waals surface area contributed by atoms with Crippen LogP contribution in [0.2, 0.25) is 19.6 Å². The van der Waals surface area contributed by atoms with Gasteiger partial charge in [-0.2, -0.15) is 47.9 Å². The minimum absolute atomic E-state index is 1.02. The Morgan fingerprint density at radius 3 is 1.62 bits per heavy atom. The van der Waals surface area contributed by atoms with Gasteiger partial charge in [0.15, 0.2) is 8.32 Å². The summed E-state index contributed by atoms with van der Waals surface area (Å²) in [6.07, 6.45) is -8.61. The van der Waals surface area contributed by atoms with Crippen LogP contribution in [-0.4, -0.2) is 46.1 Å². The predicted molar refractivity (Wildman–Crippen MR) is 73.9 cm³/mol. The number of hydrogen-bond acceptors (Lipinski definition) is 4. The molecule has 0 amide bonds. The number of hydrogen-bond donors (Lipinski definition) is 0. The van der Waals surface area contributed by atoms with Crippen molar-refractivity contribution in [2.45, 2.75) is 55.9 Å². The second-order valence-corrected chi connectivity index (χ2v) is 12.1. The highest BCUT2D eigenvalue weighted by Gasteiger charge is 2.86. The van der Waals surface area contributed by atoms with E-state index in [9.17, 15) is 47.9 Å². The van der Waals surface area contributed by atoms with Gasteiger partial charge in [-0.15, -0.1) is 0 Å². The van der Waals surface area contributed by atoms with Crippen LogP contribution in [0, 0.1) is 0 Å². The van der Waals surface area contributed by atoms with E-state index in [2.05, 4.69) is 10.8 Å². The van der Waals surface area contributed by atoms with Crippen LogP contribution in [-0.2, 0) is 18.7 Å². The van der Waals surface area contributed by atoms with Crippen molar-refractivity contribution in [2.75, 3.05) is 0 Å². The lowest BCUT2D eigenvalue weighted by Crippen LogP contribution is -2.63. The van der Waals surface area contributed by atoms with Gasteiger partial charge in [-0.25, -0.2) is 0 Å². The maximum Gasteiger partial charge on any atom is 0.460 e. The van der Waals surface area contributed by atoms with Crippen LogP contribution in [0.4, 0.5) is 39.5 Å². The molecule has 0 rings (SSSR count). The summed E-state index contributed by atoms with van der Waals surface area (Å²) < 4.78 is 146. The molecule has 0 aromatic rings. The van der Waals surface area contributed by atoms with Crippen LogP contribution in [0.15, 0.2) is 12.3 Å². The molecule has 0 heterocycles. The van der Waals surface area contributed by atoms with Crippen molar-refractivity contribution in [3.63, 3.8) is 0 Å². The third-order valence-corrected chi connectivity index (χ3v) is 5.01. The fourth-order valence-corrected chi connectivity index (χ4v) is 3.53. The van der Waals surface area contributed by atoms with E-state index < -0.39 is 53.6 Å². The van der Waals surface area contributed by atoms with Crippen LogP contribution in [0.1, 0.15) is 6.92 Å². The standard InChI is InChI=1S/C11H15F9O4SSi/c1-6(7(2)24-26(3,4)5)23-25(21,22)11(19,20)9(14,15)8(12,13)10(16,17)18/h7H,1H2,2-5H3. The normalized spacial score (nSPS) is 16.3. The lowest BCUT2D eigenvalue weighted by molar-refractivity contribution is -0.382. The third-order valence-electron chi connectivity index (χ3n) is 2.63. The second kappa shape index (κ2) is 6.89. The van der Waals surface area contributed by atoms with Gasteiger partial charge in [0.25, 0.3) is 0 Å². The Hall–Kier alpha value is -0.963. The molecule has 0 spiro atoms. The van der Waals surface area contributed by atoms with E-state index in [4.69, 9.17) is 4.43 Å². The first kappa shape index (κ1) is 25.0. The van der Waals surface area contributed by atoms with Crippen molar-refractivity contribution in [3.8, 4) is 0 Å². The van der Waals surface area contributed by atoms with Crippen molar-refractivity contribution in [1.82, 2.24) is 0 Å². The topological polar surface area (TPSA) is 52.6 Å². The molecule has 0 aliphatic heterocycles. The Morgan fingerprint density at radius 1 is 0.923 bits per heavy atom. The lowest BCUT2D eigenvalue weighted by Gasteiger charge is -2.33. The Bertz CT molecular complexity index is 637. The fourth-order valence-electron chi connectivity index (χ4n) is 1.37. The van der Waals surface area contributed by atoms with Crippen LogP contribution < -0.4 is 0 Å². The molecular formula is C11H15F9O4SSi. The SMILES string of the molecule is C=C(OS(=O)(=O)C(F)(F)C(F)(F)C(F)(F)C(F)(F)F)C(C)O[Si](C)(C)C.